The molecular formula is C17H25BO2S. The molecule has 1 saturated heterocycles. The van der Waals surface area contributed by atoms with Gasteiger partial charge in [0.1, 0.15) is 0 Å². The predicted molar refractivity (Wildman–Crippen MR) is 93.8 cm³/mol. The van der Waals surface area contributed by atoms with Gasteiger partial charge in [-0.15, -0.1) is 0 Å². The molecule has 0 atom stereocenters. The standard InChI is InChI=1S/C17H25BO2S/c1-12-7-8-14(9-13(12)2)10-15(11-21)18-19-16(3,4)17(5,6)20-18/h7-10,21H,11H2,1-6H3. The fourth-order valence-electron chi connectivity index (χ4n) is 2.25. The zero-order chi connectivity index (χ0) is 15.8. The zero-order valence-electron chi connectivity index (χ0n) is 13.9. The van der Waals surface area contributed by atoms with Gasteiger partial charge in [-0.1, -0.05) is 24.3 Å². The van der Waals surface area contributed by atoms with Crippen molar-refractivity contribution in [3.63, 3.8) is 0 Å². The van der Waals surface area contributed by atoms with E-state index in [0.29, 0.717) is 5.75 Å². The molecular weight excluding hydrogens is 279 g/mol. The van der Waals surface area contributed by atoms with Gasteiger partial charge in [-0.05, 0) is 63.7 Å². The first-order valence-electron chi connectivity index (χ1n) is 7.40. The predicted octanol–water partition coefficient (Wildman–Crippen LogP) is 4.25. The Labute approximate surface area is 134 Å². The van der Waals surface area contributed by atoms with Gasteiger partial charge in [-0.2, -0.15) is 12.6 Å². The van der Waals surface area contributed by atoms with E-state index in [2.05, 4.69) is 78.4 Å². The lowest BCUT2D eigenvalue weighted by atomic mass is 9.78. The van der Waals surface area contributed by atoms with Crippen LogP contribution in [0.5, 0.6) is 0 Å². The summed E-state index contributed by atoms with van der Waals surface area (Å²) in [6.45, 7) is 12.5. The molecule has 0 radical (unpaired) electrons. The van der Waals surface area contributed by atoms with Crippen molar-refractivity contribution in [3.05, 3.63) is 40.4 Å². The van der Waals surface area contributed by atoms with Gasteiger partial charge < -0.3 is 9.31 Å². The van der Waals surface area contributed by atoms with Crippen LogP contribution in [0.4, 0.5) is 0 Å². The van der Waals surface area contributed by atoms with E-state index in [0.717, 1.165) is 11.0 Å². The van der Waals surface area contributed by atoms with Crippen molar-refractivity contribution in [2.45, 2.75) is 52.7 Å². The number of thiol groups is 1. The highest BCUT2D eigenvalue weighted by atomic mass is 32.1. The first kappa shape index (κ1) is 16.7. The molecule has 1 aromatic carbocycles. The average molecular weight is 304 g/mol. The van der Waals surface area contributed by atoms with Gasteiger partial charge in [-0.25, -0.2) is 0 Å². The Morgan fingerprint density at radius 1 is 1.10 bits per heavy atom. The van der Waals surface area contributed by atoms with E-state index in [-0.39, 0.29) is 18.3 Å². The molecule has 2 nitrogen and oxygen atoms in total. The van der Waals surface area contributed by atoms with Crippen LogP contribution >= 0.6 is 12.6 Å². The normalized spacial score (nSPS) is 20.9. The van der Waals surface area contributed by atoms with Crippen molar-refractivity contribution in [2.24, 2.45) is 0 Å². The van der Waals surface area contributed by atoms with Gasteiger partial charge in [0.2, 0.25) is 0 Å². The van der Waals surface area contributed by atoms with Crippen molar-refractivity contribution in [3.8, 4) is 0 Å². The van der Waals surface area contributed by atoms with E-state index in [1.165, 1.54) is 11.1 Å². The van der Waals surface area contributed by atoms with Crippen LogP contribution in [0, 0.1) is 13.8 Å². The highest BCUT2D eigenvalue weighted by Gasteiger charge is 2.52. The Bertz CT molecular complexity index is 548. The summed E-state index contributed by atoms with van der Waals surface area (Å²) in [6, 6.07) is 6.45. The van der Waals surface area contributed by atoms with E-state index in [4.69, 9.17) is 9.31 Å². The summed E-state index contributed by atoms with van der Waals surface area (Å²) in [4.78, 5) is 0. The molecule has 0 bridgehead atoms. The summed E-state index contributed by atoms with van der Waals surface area (Å²) >= 11 is 4.45. The SMILES string of the molecule is Cc1ccc(C=C(CS)B2OC(C)(C)C(C)(C)O2)cc1C. The van der Waals surface area contributed by atoms with Gasteiger partial charge in [0.25, 0.3) is 0 Å². The minimum atomic E-state index is -0.325. The van der Waals surface area contributed by atoms with E-state index >= 15 is 0 Å². The Morgan fingerprint density at radius 3 is 2.14 bits per heavy atom. The summed E-state index contributed by atoms with van der Waals surface area (Å²) in [6.07, 6.45) is 2.13. The maximum atomic E-state index is 6.10. The Morgan fingerprint density at radius 2 is 1.67 bits per heavy atom. The van der Waals surface area contributed by atoms with Crippen molar-refractivity contribution in [1.29, 1.82) is 0 Å². The minimum absolute atomic E-state index is 0.317. The highest BCUT2D eigenvalue weighted by Crippen LogP contribution is 2.39. The lowest BCUT2D eigenvalue weighted by Crippen LogP contribution is -2.41. The van der Waals surface area contributed by atoms with Gasteiger partial charge in [0, 0.05) is 5.75 Å². The lowest BCUT2D eigenvalue weighted by Gasteiger charge is -2.32. The zero-order valence-corrected chi connectivity index (χ0v) is 14.8. The fraction of sp³-hybridized carbons (Fsp3) is 0.529. The molecule has 1 fully saturated rings. The van der Waals surface area contributed by atoms with Crippen LogP contribution < -0.4 is 0 Å². The van der Waals surface area contributed by atoms with Gasteiger partial charge in [0.05, 0.1) is 11.2 Å². The maximum absolute atomic E-state index is 6.10. The van der Waals surface area contributed by atoms with Crippen LogP contribution in [0.15, 0.2) is 23.7 Å². The van der Waals surface area contributed by atoms with Crippen LogP contribution in [0.2, 0.25) is 0 Å². The number of hydrogen-bond acceptors (Lipinski definition) is 3. The molecule has 21 heavy (non-hydrogen) atoms. The first-order valence-corrected chi connectivity index (χ1v) is 8.04. The summed E-state index contributed by atoms with van der Waals surface area (Å²) < 4.78 is 12.2. The first-order chi connectivity index (χ1) is 9.66. The van der Waals surface area contributed by atoms with Gasteiger partial charge in [-0.3, -0.25) is 0 Å². The average Bonchev–Trinajstić information content (AvgIpc) is 2.59. The topological polar surface area (TPSA) is 18.5 Å². The Balaban J connectivity index is 2.28. The van der Waals surface area contributed by atoms with Crippen molar-refractivity contribution in [1.82, 2.24) is 0 Å². The molecule has 0 aromatic heterocycles. The molecule has 114 valence electrons. The second kappa shape index (κ2) is 5.83. The van der Waals surface area contributed by atoms with Crippen LogP contribution in [0.1, 0.15) is 44.4 Å². The second-order valence-electron chi connectivity index (χ2n) is 6.81. The molecule has 0 aliphatic carbocycles. The van der Waals surface area contributed by atoms with E-state index in [9.17, 15) is 0 Å². The second-order valence-corrected chi connectivity index (χ2v) is 7.13. The smallest absolute Gasteiger partial charge is 0.400 e. The molecule has 0 N–H and O–H groups in total. The number of benzene rings is 1. The molecule has 1 aromatic rings. The van der Waals surface area contributed by atoms with Crippen molar-refractivity contribution in [2.75, 3.05) is 5.75 Å². The van der Waals surface area contributed by atoms with E-state index in [1.54, 1.807) is 0 Å². The third-order valence-electron chi connectivity index (χ3n) is 4.62. The van der Waals surface area contributed by atoms with Crippen molar-refractivity contribution < 1.29 is 9.31 Å². The molecule has 0 saturated carbocycles. The van der Waals surface area contributed by atoms with E-state index in [1.807, 2.05) is 0 Å². The lowest BCUT2D eigenvalue weighted by molar-refractivity contribution is 0.00578. The summed E-state index contributed by atoms with van der Waals surface area (Å²) in [5.74, 6) is 0.615. The highest BCUT2D eigenvalue weighted by molar-refractivity contribution is 7.80. The van der Waals surface area contributed by atoms with Crippen molar-refractivity contribution >= 4 is 25.8 Å². The largest absolute Gasteiger partial charge is 0.491 e. The van der Waals surface area contributed by atoms with Gasteiger partial charge in [0.15, 0.2) is 0 Å². The van der Waals surface area contributed by atoms with Crippen LogP contribution in [0.3, 0.4) is 0 Å². The van der Waals surface area contributed by atoms with Gasteiger partial charge >= 0.3 is 7.12 Å². The molecule has 0 unspecified atom stereocenters. The molecule has 4 heteroatoms. The number of hydrogen-bond donors (Lipinski definition) is 1. The van der Waals surface area contributed by atoms with Crippen LogP contribution in [-0.2, 0) is 9.31 Å². The molecule has 0 spiro atoms. The molecule has 2 rings (SSSR count). The Kier molecular flexibility index (Phi) is 4.62. The molecule has 0 amide bonds. The van der Waals surface area contributed by atoms with Crippen LogP contribution in [-0.4, -0.2) is 24.1 Å². The Hall–Kier alpha value is -0.705. The summed E-state index contributed by atoms with van der Waals surface area (Å²) in [5.41, 5.74) is 4.18. The third kappa shape index (κ3) is 3.38. The minimum Gasteiger partial charge on any atom is -0.400 e. The third-order valence-corrected chi connectivity index (χ3v) is 4.99. The molecule has 1 aliphatic rings. The number of aryl methyl sites for hydroxylation is 2. The monoisotopic (exact) mass is 304 g/mol. The maximum Gasteiger partial charge on any atom is 0.491 e. The molecule has 1 aliphatic heterocycles. The van der Waals surface area contributed by atoms with E-state index < -0.39 is 0 Å². The molecule has 1 heterocycles. The summed E-state index contributed by atoms with van der Waals surface area (Å²) in [7, 11) is -0.325. The fourth-order valence-corrected chi connectivity index (χ4v) is 2.49. The van der Waals surface area contributed by atoms with Crippen LogP contribution in [0.25, 0.3) is 6.08 Å². The number of rotatable bonds is 3. The summed E-state index contributed by atoms with van der Waals surface area (Å²) in [5, 5.41) is 0. The quantitative estimate of drug-likeness (QED) is 0.665.